The van der Waals surface area contributed by atoms with Gasteiger partial charge in [0.2, 0.25) is 11.8 Å². The minimum Gasteiger partial charge on any atom is -0.508 e. The zero-order chi connectivity index (χ0) is 38.1. The molecular weight excluding hydrogens is 696 g/mol. The maximum Gasteiger partial charge on any atom is 0.334 e. The number of halogens is 2. The van der Waals surface area contributed by atoms with Crippen molar-refractivity contribution in [3.8, 4) is 5.75 Å². The van der Waals surface area contributed by atoms with Crippen LogP contribution in [0, 0.1) is 11.6 Å². The largest absolute Gasteiger partial charge is 0.508 e. The number of benzene rings is 2. The Morgan fingerprint density at radius 3 is 2.46 bits per heavy atom. The summed E-state index contributed by atoms with van der Waals surface area (Å²) in [6.45, 7) is 10.9. The molecule has 4 fully saturated rings. The highest BCUT2D eigenvalue weighted by molar-refractivity contribution is 5.91. The first-order valence-corrected chi connectivity index (χ1v) is 18.4. The fourth-order valence-corrected chi connectivity index (χ4v) is 7.88. The molecule has 5 heterocycles. The normalized spacial score (nSPS) is 23.0. The van der Waals surface area contributed by atoms with Crippen molar-refractivity contribution in [3.05, 3.63) is 102 Å². The lowest BCUT2D eigenvalue weighted by Crippen LogP contribution is -2.76. The molecule has 4 aliphatic heterocycles. The van der Waals surface area contributed by atoms with Gasteiger partial charge in [0, 0.05) is 82.0 Å². The van der Waals surface area contributed by atoms with Crippen molar-refractivity contribution in [2.75, 3.05) is 64.3 Å². The van der Waals surface area contributed by atoms with E-state index in [1.807, 2.05) is 48.5 Å². The molecule has 3 aromatic rings. The summed E-state index contributed by atoms with van der Waals surface area (Å²) < 4.78 is 30.4. The molecular formula is C39H47F2N9O4. The molecule has 0 radical (unpaired) electrons. The molecule has 15 heteroatoms. The van der Waals surface area contributed by atoms with Crippen LogP contribution in [0.4, 0.5) is 19.4 Å². The van der Waals surface area contributed by atoms with Gasteiger partial charge in [0.05, 0.1) is 25.3 Å². The van der Waals surface area contributed by atoms with Crippen molar-refractivity contribution >= 4 is 23.7 Å². The summed E-state index contributed by atoms with van der Waals surface area (Å²) in [7, 11) is 2.16. The van der Waals surface area contributed by atoms with Gasteiger partial charge < -0.3 is 30.0 Å². The van der Waals surface area contributed by atoms with Crippen LogP contribution in [0.1, 0.15) is 23.7 Å². The highest BCUT2D eigenvalue weighted by Crippen LogP contribution is 2.32. The Balaban J connectivity index is 1.16. The molecule has 7 rings (SSSR count). The lowest BCUT2D eigenvalue weighted by Gasteiger charge is -2.55. The summed E-state index contributed by atoms with van der Waals surface area (Å²) in [4.78, 5) is 57.2. The molecule has 286 valence electrons. The van der Waals surface area contributed by atoms with Gasteiger partial charge in [-0.25, -0.2) is 28.6 Å². The van der Waals surface area contributed by atoms with E-state index in [0.29, 0.717) is 17.8 Å². The van der Waals surface area contributed by atoms with Crippen LogP contribution in [-0.4, -0.2) is 141 Å². The van der Waals surface area contributed by atoms with E-state index < -0.39 is 59.4 Å². The van der Waals surface area contributed by atoms with E-state index in [0.717, 1.165) is 56.2 Å². The number of fused-ring (bicyclic) bond motifs is 1. The highest BCUT2D eigenvalue weighted by atomic mass is 19.1. The van der Waals surface area contributed by atoms with E-state index >= 15 is 8.78 Å². The van der Waals surface area contributed by atoms with E-state index in [-0.39, 0.29) is 32.7 Å². The second kappa shape index (κ2) is 15.7. The van der Waals surface area contributed by atoms with E-state index in [2.05, 4.69) is 40.6 Å². The molecule has 4 amide bonds. The molecule has 0 saturated carbocycles. The van der Waals surface area contributed by atoms with Gasteiger partial charge >= 0.3 is 6.03 Å². The minimum absolute atomic E-state index is 0.0381. The number of nitrogens with one attached hydrogen (secondary N) is 1. The molecule has 4 aliphatic rings. The molecule has 1 aromatic heterocycles. The van der Waals surface area contributed by atoms with Gasteiger partial charge in [0.25, 0.3) is 0 Å². The van der Waals surface area contributed by atoms with Gasteiger partial charge in [-0.15, -0.1) is 6.58 Å². The summed E-state index contributed by atoms with van der Waals surface area (Å²) in [6, 6.07) is 15.6. The topological polar surface area (TPSA) is 119 Å². The number of pyridine rings is 1. The second-order valence-electron chi connectivity index (χ2n) is 14.6. The predicted octanol–water partition coefficient (Wildman–Crippen LogP) is 2.63. The number of rotatable bonds is 10. The van der Waals surface area contributed by atoms with Gasteiger partial charge in [-0.3, -0.25) is 14.5 Å². The van der Waals surface area contributed by atoms with E-state index in [4.69, 9.17) is 4.98 Å². The van der Waals surface area contributed by atoms with Crippen LogP contribution in [0.2, 0.25) is 0 Å². The number of phenols is 1. The monoisotopic (exact) mass is 743 g/mol. The van der Waals surface area contributed by atoms with Gasteiger partial charge in [-0.2, -0.15) is 0 Å². The number of hydrazine groups is 1. The molecule has 4 saturated heterocycles. The number of hydrogen-bond acceptors (Lipinski definition) is 9. The van der Waals surface area contributed by atoms with Crippen molar-refractivity contribution in [2.45, 2.75) is 50.7 Å². The number of anilines is 1. The fraction of sp³-hybridized carbons (Fsp3) is 0.436. The van der Waals surface area contributed by atoms with Gasteiger partial charge in [0.1, 0.15) is 35.4 Å². The first kappa shape index (κ1) is 37.2. The first-order valence-electron chi connectivity index (χ1n) is 18.4. The number of likely N-dealkylation sites (N-methyl/N-ethyl adjacent to an activating group) is 1. The number of carbonyl (C=O) groups is 3. The third kappa shape index (κ3) is 7.61. The molecule has 2 aromatic carbocycles. The van der Waals surface area contributed by atoms with Crippen LogP contribution < -0.4 is 10.2 Å². The molecule has 54 heavy (non-hydrogen) atoms. The Hall–Kier alpha value is -5.12. The maximum absolute atomic E-state index is 15.2. The summed E-state index contributed by atoms with van der Waals surface area (Å²) >= 11 is 0. The van der Waals surface area contributed by atoms with Crippen LogP contribution >= 0.6 is 0 Å². The van der Waals surface area contributed by atoms with Crippen LogP contribution in [-0.2, 0) is 29.1 Å². The van der Waals surface area contributed by atoms with Gasteiger partial charge in [-0.1, -0.05) is 42.5 Å². The predicted molar refractivity (Wildman–Crippen MR) is 198 cm³/mol. The zero-order valence-electron chi connectivity index (χ0n) is 30.7. The average Bonchev–Trinajstić information content (AvgIpc) is 3.12. The van der Waals surface area contributed by atoms with Crippen LogP contribution in [0.25, 0.3) is 0 Å². The van der Waals surface area contributed by atoms with Gasteiger partial charge in [-0.05, 0) is 31.7 Å². The Morgan fingerprint density at radius 2 is 1.76 bits per heavy atom. The second-order valence-corrected chi connectivity index (χ2v) is 14.6. The van der Waals surface area contributed by atoms with E-state index in [9.17, 15) is 19.5 Å². The number of amides is 4. The van der Waals surface area contributed by atoms with Crippen molar-refractivity contribution in [1.29, 1.82) is 0 Å². The van der Waals surface area contributed by atoms with Crippen LogP contribution in [0.3, 0.4) is 0 Å². The number of phenolic OH excluding ortho intramolecular Hbond substituents is 1. The summed E-state index contributed by atoms with van der Waals surface area (Å²) in [5, 5.41) is 15.7. The summed E-state index contributed by atoms with van der Waals surface area (Å²) in [5.41, 5.74) is 1.01. The quantitative estimate of drug-likeness (QED) is 0.303. The standard InChI is InChI=1S/C39H47F2N9O4/c1-4-13-48-25-37(52)49-34(18-31-32(40)16-30(51)17-33(31)41)38(53)47(24-36(49)50(48)39(54)42-19-27-9-6-5-7-10-27)21-28-11-8-12-35(43-28)46-22-29(23-46)45-15-14-44(3)26(2)20-45/h4-12,16-17,26,29,34,36,51H,1,13-15,18-25H2,2-3H3,(H,42,54)/t26-,34-,36-/m0/s1. The first-order chi connectivity index (χ1) is 26.0. The summed E-state index contributed by atoms with van der Waals surface area (Å²) in [6.07, 6.45) is 0.0488. The molecule has 0 spiro atoms. The van der Waals surface area contributed by atoms with E-state index in [1.165, 1.54) is 14.8 Å². The molecule has 0 bridgehead atoms. The maximum atomic E-state index is 15.2. The van der Waals surface area contributed by atoms with Crippen LogP contribution in [0.5, 0.6) is 5.75 Å². The minimum atomic E-state index is -1.36. The Morgan fingerprint density at radius 1 is 1.02 bits per heavy atom. The molecule has 13 nitrogen and oxygen atoms in total. The lowest BCUT2D eigenvalue weighted by atomic mass is 9.97. The fourth-order valence-electron chi connectivity index (χ4n) is 7.88. The third-order valence-electron chi connectivity index (χ3n) is 11.0. The van der Waals surface area contributed by atoms with E-state index in [1.54, 1.807) is 11.1 Å². The number of piperazine rings is 2. The number of urea groups is 1. The number of nitrogens with zero attached hydrogens (tertiary/aromatic N) is 8. The zero-order valence-corrected chi connectivity index (χ0v) is 30.7. The highest BCUT2D eigenvalue weighted by Gasteiger charge is 2.51. The number of carbonyl (C=O) groups excluding carboxylic acids is 3. The van der Waals surface area contributed by atoms with Crippen molar-refractivity contribution in [1.82, 2.24) is 39.9 Å². The Kier molecular flexibility index (Phi) is 10.8. The molecule has 0 unspecified atom stereocenters. The Bertz CT molecular complexity index is 1860. The van der Waals surface area contributed by atoms with Crippen molar-refractivity contribution in [3.63, 3.8) is 0 Å². The molecule has 2 N–H and O–H groups in total. The molecule has 0 aliphatic carbocycles. The smallest absolute Gasteiger partial charge is 0.334 e. The van der Waals surface area contributed by atoms with Crippen molar-refractivity contribution < 1.29 is 28.3 Å². The number of hydrogen-bond donors (Lipinski definition) is 2. The van der Waals surface area contributed by atoms with Crippen LogP contribution in [0.15, 0.2) is 73.3 Å². The lowest BCUT2D eigenvalue weighted by molar-refractivity contribution is -0.189. The number of aromatic nitrogens is 1. The van der Waals surface area contributed by atoms with Gasteiger partial charge in [0.15, 0.2) is 0 Å². The SMILES string of the molecule is C=CCN1CC(=O)N2[C@@H](Cc3c(F)cc(O)cc3F)C(=O)N(Cc3cccc(N4CC(N5CCN(C)[C@@H](C)C5)C4)n3)C[C@@H]2N1C(=O)NCc1ccccc1. The molecule has 3 atom stereocenters. The summed E-state index contributed by atoms with van der Waals surface area (Å²) in [5.74, 6) is -2.91. The average molecular weight is 744 g/mol. The van der Waals surface area contributed by atoms with Crippen molar-refractivity contribution in [2.24, 2.45) is 0 Å². The third-order valence-corrected chi connectivity index (χ3v) is 11.0. The Labute approximate surface area is 314 Å². The number of aromatic hydroxyl groups is 1.